The van der Waals surface area contributed by atoms with Gasteiger partial charge in [0, 0.05) is 0 Å². The minimum absolute atomic E-state index is 0.0138. The molecule has 146 valence electrons. The summed E-state index contributed by atoms with van der Waals surface area (Å²) in [6.45, 7) is 10.5. The molecule has 0 saturated carbocycles. The van der Waals surface area contributed by atoms with Crippen molar-refractivity contribution in [1.29, 1.82) is 0 Å². The van der Waals surface area contributed by atoms with E-state index < -0.39 is 14.7 Å². The number of rotatable bonds is 5. The maximum Gasteiger partial charge on any atom is 0.573 e. The lowest BCUT2D eigenvalue weighted by molar-refractivity contribution is -0.274. The minimum Gasteiger partial charge on any atom is -0.543 e. The van der Waals surface area contributed by atoms with E-state index in [1.807, 2.05) is 0 Å². The summed E-state index contributed by atoms with van der Waals surface area (Å²) in [6, 6.07) is 10.7. The van der Waals surface area contributed by atoms with E-state index in [0.29, 0.717) is 22.4 Å². The Kier molecular flexibility index (Phi) is 5.75. The average Bonchev–Trinajstić information content (AvgIpc) is 2.53. The van der Waals surface area contributed by atoms with Gasteiger partial charge in [-0.25, -0.2) is 0 Å². The Hall–Kier alpha value is -2.28. The molecular weight excluding hydrogens is 373 g/mol. The number of hydrogen-bond acceptors (Lipinski definition) is 3. The van der Waals surface area contributed by atoms with Gasteiger partial charge in [0.25, 0.3) is 8.32 Å². The molecule has 0 aromatic heterocycles. The second-order valence-corrected chi connectivity index (χ2v) is 12.5. The Morgan fingerprint density at radius 1 is 0.926 bits per heavy atom. The van der Waals surface area contributed by atoms with Crippen LogP contribution in [0, 0.1) is 0 Å². The summed E-state index contributed by atoms with van der Waals surface area (Å²) in [5, 5.41) is -0.0138. The highest BCUT2D eigenvalue weighted by atomic mass is 28.4. The molecule has 0 bridgehead atoms. The van der Waals surface area contributed by atoms with Gasteiger partial charge < -0.3 is 9.16 Å². The Balaban J connectivity index is 2.29. The van der Waals surface area contributed by atoms with Crippen molar-refractivity contribution in [3.05, 3.63) is 48.0 Å². The minimum atomic E-state index is -4.73. The average molecular weight is 396 g/mol. The molecule has 0 aliphatic carbocycles. The molecule has 0 spiro atoms. The normalized spacial score (nSPS) is 12.6. The molecule has 0 amide bonds. The highest BCUT2D eigenvalue weighted by Crippen LogP contribution is 2.38. The molecule has 0 aliphatic heterocycles. The quantitative estimate of drug-likeness (QED) is 0.430. The van der Waals surface area contributed by atoms with Gasteiger partial charge in [-0.05, 0) is 53.5 Å². The van der Waals surface area contributed by atoms with Crippen molar-refractivity contribution in [2.45, 2.75) is 45.3 Å². The van der Waals surface area contributed by atoms with Crippen molar-refractivity contribution in [2.75, 3.05) is 0 Å². The highest BCUT2D eigenvalue weighted by Gasteiger charge is 2.39. The third-order valence-electron chi connectivity index (χ3n) is 4.73. The second-order valence-electron chi connectivity index (χ2n) is 7.81. The molecule has 0 fully saturated rings. The topological polar surface area (TPSA) is 35.5 Å². The molecule has 0 radical (unpaired) electrons. The predicted molar refractivity (Wildman–Crippen MR) is 102 cm³/mol. The fourth-order valence-electron chi connectivity index (χ4n) is 2.19. The molecule has 7 heteroatoms. The lowest BCUT2D eigenvalue weighted by Crippen LogP contribution is -2.44. The maximum absolute atomic E-state index is 12.3. The number of aldehydes is 1. The van der Waals surface area contributed by atoms with Gasteiger partial charge in [-0.3, -0.25) is 4.79 Å². The molecule has 0 N–H and O–H groups in total. The molecule has 0 aliphatic rings. The SMILES string of the molecule is CC(C)(C)[Si](C)(C)Oc1ccc(-c2ccc(OC(F)(F)F)cc2)cc1C=O. The third-order valence-corrected chi connectivity index (χ3v) is 9.07. The molecular formula is C20H23F3O3Si. The van der Waals surface area contributed by atoms with E-state index in [4.69, 9.17) is 4.43 Å². The van der Waals surface area contributed by atoms with E-state index >= 15 is 0 Å². The summed E-state index contributed by atoms with van der Waals surface area (Å²) in [5.74, 6) is 0.233. The Bertz CT molecular complexity index is 807. The van der Waals surface area contributed by atoms with Gasteiger partial charge in [0.15, 0.2) is 6.29 Å². The molecule has 2 rings (SSSR count). The van der Waals surface area contributed by atoms with Crippen LogP contribution >= 0.6 is 0 Å². The first kappa shape index (κ1) is 21.0. The Morgan fingerprint density at radius 3 is 1.96 bits per heavy atom. The van der Waals surface area contributed by atoms with Crippen LogP contribution < -0.4 is 9.16 Å². The molecule has 3 nitrogen and oxygen atoms in total. The van der Waals surface area contributed by atoms with Crippen LogP contribution in [0.2, 0.25) is 18.1 Å². The maximum atomic E-state index is 12.3. The third kappa shape index (κ3) is 5.35. The van der Waals surface area contributed by atoms with Crippen LogP contribution in [0.3, 0.4) is 0 Å². The van der Waals surface area contributed by atoms with Crippen molar-refractivity contribution in [3.63, 3.8) is 0 Å². The molecule has 0 atom stereocenters. The number of carbonyl (C=O) groups is 1. The van der Waals surface area contributed by atoms with Crippen molar-refractivity contribution >= 4 is 14.6 Å². The number of halogens is 3. The Morgan fingerprint density at radius 2 is 1.48 bits per heavy atom. The zero-order valence-corrected chi connectivity index (χ0v) is 17.0. The van der Waals surface area contributed by atoms with Crippen molar-refractivity contribution in [2.24, 2.45) is 0 Å². The molecule has 2 aromatic carbocycles. The zero-order chi connectivity index (χ0) is 20.5. The van der Waals surface area contributed by atoms with Gasteiger partial charge in [-0.2, -0.15) is 0 Å². The second kappa shape index (κ2) is 7.38. The Labute approximate surface area is 158 Å². The number of ether oxygens (including phenoxy) is 1. The summed E-state index contributed by atoms with van der Waals surface area (Å²) in [7, 11) is -2.10. The predicted octanol–water partition coefficient (Wildman–Crippen LogP) is 6.45. The van der Waals surface area contributed by atoms with E-state index in [2.05, 4.69) is 38.6 Å². The summed E-state index contributed by atoms with van der Waals surface area (Å²) in [4.78, 5) is 11.5. The van der Waals surface area contributed by atoms with Crippen LogP contribution in [0.1, 0.15) is 31.1 Å². The van der Waals surface area contributed by atoms with Gasteiger partial charge in [0.2, 0.25) is 0 Å². The van der Waals surface area contributed by atoms with E-state index in [0.717, 1.165) is 6.29 Å². The summed E-state index contributed by atoms with van der Waals surface area (Å²) in [5.41, 5.74) is 1.79. The van der Waals surface area contributed by atoms with Gasteiger partial charge in [0.05, 0.1) is 5.56 Å². The van der Waals surface area contributed by atoms with Crippen LogP contribution in [-0.4, -0.2) is 21.0 Å². The summed E-state index contributed by atoms with van der Waals surface area (Å²) >= 11 is 0. The first-order valence-electron chi connectivity index (χ1n) is 8.47. The van der Waals surface area contributed by atoms with Gasteiger partial charge >= 0.3 is 6.36 Å². The van der Waals surface area contributed by atoms with Gasteiger partial charge in [-0.1, -0.05) is 39.0 Å². The molecule has 2 aromatic rings. The number of alkyl halides is 3. The lowest BCUT2D eigenvalue weighted by atomic mass is 10.0. The van der Waals surface area contributed by atoms with Crippen LogP contribution in [0.5, 0.6) is 11.5 Å². The van der Waals surface area contributed by atoms with Crippen LogP contribution in [0.4, 0.5) is 13.2 Å². The van der Waals surface area contributed by atoms with E-state index in [1.54, 1.807) is 18.2 Å². The number of carbonyl (C=O) groups excluding carboxylic acids is 1. The summed E-state index contributed by atoms with van der Waals surface area (Å²) < 4.78 is 46.9. The van der Waals surface area contributed by atoms with Crippen LogP contribution in [0.25, 0.3) is 11.1 Å². The molecule has 0 saturated heterocycles. The molecule has 27 heavy (non-hydrogen) atoms. The zero-order valence-electron chi connectivity index (χ0n) is 16.0. The highest BCUT2D eigenvalue weighted by molar-refractivity contribution is 6.74. The summed E-state index contributed by atoms with van der Waals surface area (Å²) in [6.07, 6.45) is -4.00. The fraction of sp³-hybridized carbons (Fsp3) is 0.350. The van der Waals surface area contributed by atoms with E-state index in [9.17, 15) is 18.0 Å². The number of hydrogen-bond donors (Lipinski definition) is 0. The fourth-order valence-corrected chi connectivity index (χ4v) is 3.23. The molecule has 0 heterocycles. The monoisotopic (exact) mass is 396 g/mol. The number of benzene rings is 2. The van der Waals surface area contributed by atoms with Crippen molar-refractivity contribution < 1.29 is 27.1 Å². The van der Waals surface area contributed by atoms with Crippen LogP contribution in [0.15, 0.2) is 42.5 Å². The van der Waals surface area contributed by atoms with Gasteiger partial charge in [0.1, 0.15) is 11.5 Å². The van der Waals surface area contributed by atoms with Crippen molar-refractivity contribution in [1.82, 2.24) is 0 Å². The first-order valence-corrected chi connectivity index (χ1v) is 11.4. The molecule has 0 unspecified atom stereocenters. The lowest BCUT2D eigenvalue weighted by Gasteiger charge is -2.36. The first-order chi connectivity index (χ1) is 12.3. The van der Waals surface area contributed by atoms with Crippen molar-refractivity contribution in [3.8, 4) is 22.6 Å². The largest absolute Gasteiger partial charge is 0.573 e. The standard InChI is InChI=1S/C20H23F3O3Si/c1-19(2,3)27(4,5)26-18-11-8-15(12-16(18)13-24)14-6-9-17(10-7-14)25-20(21,22)23/h6-13H,1-5H3. The van der Waals surface area contributed by atoms with E-state index in [1.165, 1.54) is 24.3 Å². The van der Waals surface area contributed by atoms with E-state index in [-0.39, 0.29) is 10.8 Å². The van der Waals surface area contributed by atoms with Gasteiger partial charge in [-0.15, -0.1) is 13.2 Å². The smallest absolute Gasteiger partial charge is 0.543 e. The van der Waals surface area contributed by atoms with Crippen LogP contribution in [-0.2, 0) is 0 Å².